The molecule has 0 saturated carbocycles. The molecule has 0 amide bonds. The summed E-state index contributed by atoms with van der Waals surface area (Å²) in [5.41, 5.74) is 0. The van der Waals surface area contributed by atoms with Crippen molar-refractivity contribution in [2.45, 2.75) is 24.4 Å². The van der Waals surface area contributed by atoms with Crippen LogP contribution in [0.2, 0.25) is 0 Å². The van der Waals surface area contributed by atoms with Gasteiger partial charge in [-0.1, -0.05) is 0 Å². The summed E-state index contributed by atoms with van der Waals surface area (Å²) in [5, 5.41) is 8.43. The highest BCUT2D eigenvalue weighted by Crippen LogP contribution is 2.30. The number of rotatable bonds is 6. The maximum atomic E-state index is 11.5. The number of ether oxygens (including phenoxy) is 4. The summed E-state index contributed by atoms with van der Waals surface area (Å²) in [6.45, 7) is 0.106. The molecular formula is C14H14O9. The Hall–Kier alpha value is -2.52. The fourth-order valence-corrected chi connectivity index (χ4v) is 2.27. The molecule has 9 nitrogen and oxygen atoms in total. The van der Waals surface area contributed by atoms with E-state index in [4.69, 9.17) is 24.1 Å². The minimum atomic E-state index is -1.27. The van der Waals surface area contributed by atoms with Crippen LogP contribution in [-0.4, -0.2) is 66.9 Å². The molecule has 2 rings (SSSR count). The van der Waals surface area contributed by atoms with Gasteiger partial charge < -0.3 is 24.1 Å². The lowest BCUT2D eigenvalue weighted by molar-refractivity contribution is -0.149. The molecule has 2 fully saturated rings. The van der Waals surface area contributed by atoms with Gasteiger partial charge in [0, 0.05) is 18.2 Å². The minimum absolute atomic E-state index is 0.0419. The molecule has 0 aromatic heterocycles. The number of hydrogen-bond acceptors (Lipinski definition) is 8. The lowest BCUT2D eigenvalue weighted by Gasteiger charge is -2.16. The summed E-state index contributed by atoms with van der Waals surface area (Å²) in [5.74, 6) is -2.81. The van der Waals surface area contributed by atoms with E-state index in [0.717, 1.165) is 18.2 Å². The molecule has 124 valence electrons. The molecule has 2 saturated heterocycles. The standard InChI is InChI=1S/C14H14O9/c15-5-1-2-11(18)22-8-6-20-14-9(7-21-13(8)14)23-12(19)4-3-10(16)17/h1-5,8-9,13-14H,6-7H2,(H,16,17)/b2-1-,4-3-/t8-,9+,13+,14+/m0/s1. The van der Waals surface area contributed by atoms with Crippen LogP contribution in [-0.2, 0) is 38.1 Å². The summed E-state index contributed by atoms with van der Waals surface area (Å²) >= 11 is 0. The summed E-state index contributed by atoms with van der Waals surface area (Å²) < 4.78 is 21.0. The van der Waals surface area contributed by atoms with Gasteiger partial charge in [0.2, 0.25) is 0 Å². The first-order valence-electron chi connectivity index (χ1n) is 6.68. The van der Waals surface area contributed by atoms with E-state index in [0.29, 0.717) is 12.4 Å². The van der Waals surface area contributed by atoms with Crippen LogP contribution in [0.25, 0.3) is 0 Å². The van der Waals surface area contributed by atoms with Gasteiger partial charge >= 0.3 is 17.9 Å². The predicted molar refractivity (Wildman–Crippen MR) is 71.2 cm³/mol. The Morgan fingerprint density at radius 1 is 0.913 bits per heavy atom. The third-order valence-electron chi connectivity index (χ3n) is 3.17. The molecule has 2 aliphatic heterocycles. The number of aliphatic carboxylic acids is 1. The molecule has 2 aliphatic rings. The highest BCUT2D eigenvalue weighted by molar-refractivity contribution is 5.90. The summed E-state index contributed by atoms with van der Waals surface area (Å²) in [7, 11) is 0. The van der Waals surface area contributed by atoms with Crippen LogP contribution in [0.3, 0.4) is 0 Å². The maximum absolute atomic E-state index is 11.5. The van der Waals surface area contributed by atoms with Crippen LogP contribution in [0.4, 0.5) is 0 Å². The molecule has 1 N–H and O–H groups in total. The number of fused-ring (bicyclic) bond motifs is 1. The maximum Gasteiger partial charge on any atom is 0.331 e. The molecule has 0 spiro atoms. The quantitative estimate of drug-likeness (QED) is 0.371. The minimum Gasteiger partial charge on any atom is -0.478 e. The van der Waals surface area contributed by atoms with E-state index in [2.05, 4.69) is 0 Å². The first kappa shape index (κ1) is 16.8. The van der Waals surface area contributed by atoms with Crippen LogP contribution in [0.5, 0.6) is 0 Å². The Morgan fingerprint density at radius 2 is 1.43 bits per heavy atom. The molecule has 0 bridgehead atoms. The second-order valence-corrected chi connectivity index (χ2v) is 4.71. The molecular weight excluding hydrogens is 312 g/mol. The van der Waals surface area contributed by atoms with Crippen molar-refractivity contribution in [2.75, 3.05) is 13.2 Å². The van der Waals surface area contributed by atoms with Crippen molar-refractivity contribution in [3.05, 3.63) is 24.3 Å². The molecule has 0 aliphatic carbocycles. The number of allylic oxidation sites excluding steroid dienone is 1. The molecule has 9 heteroatoms. The molecule has 0 unspecified atom stereocenters. The lowest BCUT2D eigenvalue weighted by Crippen LogP contribution is -2.35. The monoisotopic (exact) mass is 326 g/mol. The van der Waals surface area contributed by atoms with E-state index < -0.39 is 42.3 Å². The Labute approximate surface area is 130 Å². The topological polar surface area (TPSA) is 125 Å². The van der Waals surface area contributed by atoms with Gasteiger partial charge in [-0.15, -0.1) is 0 Å². The van der Waals surface area contributed by atoms with Gasteiger partial charge in [0.15, 0.2) is 12.2 Å². The summed E-state index contributed by atoms with van der Waals surface area (Å²) in [6.07, 6.45) is 1.27. The van der Waals surface area contributed by atoms with Gasteiger partial charge in [0.05, 0.1) is 13.2 Å². The normalized spacial score (nSPS) is 29.6. The van der Waals surface area contributed by atoms with Crippen molar-refractivity contribution in [1.82, 2.24) is 0 Å². The fraction of sp³-hybridized carbons (Fsp3) is 0.429. The van der Waals surface area contributed by atoms with Gasteiger partial charge in [-0.2, -0.15) is 0 Å². The number of esters is 2. The van der Waals surface area contributed by atoms with E-state index in [9.17, 15) is 19.2 Å². The Morgan fingerprint density at radius 3 is 1.91 bits per heavy atom. The second kappa shape index (κ2) is 7.65. The second-order valence-electron chi connectivity index (χ2n) is 4.71. The zero-order valence-corrected chi connectivity index (χ0v) is 11.8. The Balaban J connectivity index is 1.88. The van der Waals surface area contributed by atoms with Crippen LogP contribution in [0, 0.1) is 0 Å². The number of carbonyl (C=O) groups is 4. The largest absolute Gasteiger partial charge is 0.478 e. The van der Waals surface area contributed by atoms with Crippen LogP contribution >= 0.6 is 0 Å². The first-order valence-corrected chi connectivity index (χ1v) is 6.68. The van der Waals surface area contributed by atoms with Crippen LogP contribution in [0.1, 0.15) is 0 Å². The number of carboxylic acid groups (broad SMARTS) is 1. The fourth-order valence-electron chi connectivity index (χ4n) is 2.27. The van der Waals surface area contributed by atoms with E-state index >= 15 is 0 Å². The van der Waals surface area contributed by atoms with Crippen molar-refractivity contribution in [2.24, 2.45) is 0 Å². The van der Waals surface area contributed by atoms with Crippen molar-refractivity contribution in [3.8, 4) is 0 Å². The van der Waals surface area contributed by atoms with Gasteiger partial charge in [-0.3, -0.25) is 4.79 Å². The molecule has 0 radical (unpaired) electrons. The van der Waals surface area contributed by atoms with Gasteiger partial charge in [-0.25, -0.2) is 14.4 Å². The molecule has 4 atom stereocenters. The zero-order valence-electron chi connectivity index (χ0n) is 11.8. The summed E-state index contributed by atoms with van der Waals surface area (Å²) in [6, 6.07) is 0. The smallest absolute Gasteiger partial charge is 0.331 e. The van der Waals surface area contributed by atoms with E-state index in [1.807, 2.05) is 0 Å². The Bertz CT molecular complexity index is 550. The molecule has 2 heterocycles. The third kappa shape index (κ3) is 4.47. The van der Waals surface area contributed by atoms with Crippen LogP contribution in [0.15, 0.2) is 24.3 Å². The van der Waals surface area contributed by atoms with Gasteiger partial charge in [0.1, 0.15) is 18.5 Å². The number of aldehydes is 1. The van der Waals surface area contributed by atoms with E-state index in [1.54, 1.807) is 0 Å². The van der Waals surface area contributed by atoms with Crippen molar-refractivity contribution >= 4 is 24.2 Å². The Kier molecular flexibility index (Phi) is 5.61. The summed E-state index contributed by atoms with van der Waals surface area (Å²) in [4.78, 5) is 43.3. The number of carbonyl (C=O) groups excluding carboxylic acids is 3. The van der Waals surface area contributed by atoms with Crippen LogP contribution < -0.4 is 0 Å². The van der Waals surface area contributed by atoms with E-state index in [-0.39, 0.29) is 13.2 Å². The molecule has 0 aromatic rings. The molecule has 23 heavy (non-hydrogen) atoms. The predicted octanol–water partition coefficient (Wildman–Crippen LogP) is -0.996. The first-order chi connectivity index (χ1) is 11.0. The van der Waals surface area contributed by atoms with Gasteiger partial charge in [-0.05, 0) is 6.08 Å². The van der Waals surface area contributed by atoms with E-state index in [1.165, 1.54) is 0 Å². The average Bonchev–Trinajstić information content (AvgIpc) is 3.07. The lowest BCUT2D eigenvalue weighted by atomic mass is 10.1. The zero-order chi connectivity index (χ0) is 16.8. The average molecular weight is 326 g/mol. The number of hydrogen-bond donors (Lipinski definition) is 1. The van der Waals surface area contributed by atoms with Crippen molar-refractivity contribution < 1.29 is 43.2 Å². The third-order valence-corrected chi connectivity index (χ3v) is 3.17. The SMILES string of the molecule is O=C/C=C\C(=O)O[C@H]1CO[C@H]2[C@@H]1OC[C@H]2OC(=O)/C=C\C(=O)O. The van der Waals surface area contributed by atoms with Crippen molar-refractivity contribution in [1.29, 1.82) is 0 Å². The molecule has 0 aromatic carbocycles. The highest BCUT2D eigenvalue weighted by atomic mass is 16.7. The highest BCUT2D eigenvalue weighted by Gasteiger charge is 2.50. The number of carboxylic acids is 1. The van der Waals surface area contributed by atoms with Crippen molar-refractivity contribution in [3.63, 3.8) is 0 Å². The van der Waals surface area contributed by atoms with Gasteiger partial charge in [0.25, 0.3) is 0 Å².